The molecule has 0 radical (unpaired) electrons. The number of hydrogen-bond donors (Lipinski definition) is 1. The third-order valence-electron chi connectivity index (χ3n) is 8.71. The highest BCUT2D eigenvalue weighted by Gasteiger charge is 2.37. The Morgan fingerprint density at radius 3 is 2.36 bits per heavy atom. The van der Waals surface area contributed by atoms with E-state index in [1.807, 2.05) is 45.6 Å². The molecule has 3 aromatic rings. The number of allylic oxidation sites excluding steroid dienone is 1. The second-order valence-electron chi connectivity index (χ2n) is 12.2. The number of amides is 1. The highest BCUT2D eigenvalue weighted by molar-refractivity contribution is 6.45. The number of nitriles is 1. The Morgan fingerprint density at radius 2 is 1.79 bits per heavy atom. The molecule has 1 amide bonds. The predicted octanol–water partition coefficient (Wildman–Crippen LogP) is 7.17. The first-order valence-corrected chi connectivity index (χ1v) is 16.0. The Balaban J connectivity index is 1.91. The number of halogens is 5. The van der Waals surface area contributed by atoms with Crippen molar-refractivity contribution in [3.05, 3.63) is 73.6 Å². The van der Waals surface area contributed by atoms with Gasteiger partial charge in [0, 0.05) is 54.0 Å². The van der Waals surface area contributed by atoms with Gasteiger partial charge in [0.15, 0.2) is 11.6 Å². The number of piperazine rings is 1. The third-order valence-corrected chi connectivity index (χ3v) is 9.83. The van der Waals surface area contributed by atoms with Crippen molar-refractivity contribution in [1.29, 1.82) is 5.26 Å². The number of aliphatic imine (C=N–C) groups is 1. The molecule has 2 N–H and O–H groups in total. The summed E-state index contributed by atoms with van der Waals surface area (Å²) in [6, 6.07) is 2.32. The van der Waals surface area contributed by atoms with E-state index in [0.717, 1.165) is 0 Å². The number of aromatic nitrogens is 2. The fourth-order valence-electron chi connectivity index (χ4n) is 6.65. The Bertz CT molecular complexity index is 1960. The van der Waals surface area contributed by atoms with Crippen molar-refractivity contribution in [3.63, 3.8) is 0 Å². The molecule has 4 heterocycles. The number of pyridine rings is 2. The number of nitrogens with zero attached hydrogens (tertiary/aromatic N) is 6. The van der Waals surface area contributed by atoms with Crippen LogP contribution in [0.1, 0.15) is 46.2 Å². The van der Waals surface area contributed by atoms with Crippen molar-refractivity contribution < 1.29 is 13.6 Å². The number of fused-ring (bicyclic) bond motifs is 1. The van der Waals surface area contributed by atoms with E-state index in [1.165, 1.54) is 16.7 Å². The summed E-state index contributed by atoms with van der Waals surface area (Å²) in [6.07, 6.45) is 4.77. The number of anilines is 2. The molecule has 1 aromatic carbocycles. The second kappa shape index (κ2) is 12.9. The van der Waals surface area contributed by atoms with Crippen LogP contribution >= 0.6 is 34.8 Å². The molecular formula is C33H32Cl3F2N7O2. The molecule has 0 aliphatic carbocycles. The lowest BCUT2D eigenvalue weighted by Crippen LogP contribution is -2.58. The number of carbonyl (C=O) groups excluding carboxylic acids is 1. The molecule has 1 unspecified atom stereocenters. The molecule has 0 spiro atoms. The molecule has 0 saturated carbocycles. The van der Waals surface area contributed by atoms with E-state index in [-0.39, 0.29) is 76.1 Å². The predicted molar refractivity (Wildman–Crippen MR) is 183 cm³/mol. The van der Waals surface area contributed by atoms with E-state index >= 15 is 0 Å². The zero-order valence-corrected chi connectivity index (χ0v) is 28.6. The summed E-state index contributed by atoms with van der Waals surface area (Å²) in [5, 5.41) is 9.68. The van der Waals surface area contributed by atoms with Crippen molar-refractivity contribution >= 4 is 68.8 Å². The number of nitrogens with two attached hydrogens (primary N) is 1. The maximum absolute atomic E-state index is 14.9. The average Bonchev–Trinajstić information content (AvgIpc) is 3.02. The smallest absolute Gasteiger partial charge is 0.272 e. The molecule has 246 valence electrons. The van der Waals surface area contributed by atoms with E-state index in [4.69, 9.17) is 45.5 Å². The van der Waals surface area contributed by atoms with Crippen molar-refractivity contribution in [3.8, 4) is 17.3 Å². The molecule has 2 aliphatic heterocycles. The van der Waals surface area contributed by atoms with Crippen molar-refractivity contribution in [2.75, 3.05) is 23.7 Å². The van der Waals surface area contributed by atoms with Crippen LogP contribution in [0.5, 0.6) is 0 Å². The van der Waals surface area contributed by atoms with E-state index in [1.54, 1.807) is 11.1 Å². The molecule has 5 rings (SSSR count). The van der Waals surface area contributed by atoms with Gasteiger partial charge < -0.3 is 15.5 Å². The zero-order chi connectivity index (χ0) is 34.6. The van der Waals surface area contributed by atoms with Crippen LogP contribution in [0.25, 0.3) is 22.3 Å². The quantitative estimate of drug-likeness (QED) is 0.130. The molecule has 2 aliphatic rings. The number of hydrogen-bond acceptors (Lipinski definition) is 7. The van der Waals surface area contributed by atoms with Crippen LogP contribution in [-0.2, 0) is 4.79 Å². The van der Waals surface area contributed by atoms with E-state index in [9.17, 15) is 23.6 Å². The molecule has 4 atom stereocenters. The van der Waals surface area contributed by atoms with Crippen LogP contribution in [0.2, 0.25) is 15.1 Å². The van der Waals surface area contributed by atoms with Crippen LogP contribution in [0.15, 0.2) is 40.8 Å². The second-order valence-corrected chi connectivity index (χ2v) is 13.3. The Labute approximate surface area is 285 Å². The average molecular weight is 703 g/mol. The summed E-state index contributed by atoms with van der Waals surface area (Å²) >= 11 is 19.3. The first kappa shape index (κ1) is 34.4. The van der Waals surface area contributed by atoms with Crippen molar-refractivity contribution in [2.24, 2.45) is 16.8 Å². The Kier molecular flexibility index (Phi) is 9.43. The molecule has 9 nitrogen and oxygen atoms in total. The van der Waals surface area contributed by atoms with Crippen LogP contribution in [0.3, 0.4) is 0 Å². The molecule has 1 saturated heterocycles. The number of carbonyl (C=O) groups is 1. The molecule has 0 bridgehead atoms. The molecular weight excluding hydrogens is 671 g/mol. The van der Waals surface area contributed by atoms with Gasteiger partial charge in [-0.15, -0.1) is 0 Å². The highest BCUT2D eigenvalue weighted by atomic mass is 35.5. The minimum Gasteiger partial charge on any atom is -0.396 e. The van der Waals surface area contributed by atoms with E-state index in [2.05, 4.69) is 17.6 Å². The summed E-state index contributed by atoms with van der Waals surface area (Å²) in [4.78, 5) is 40.2. The van der Waals surface area contributed by atoms with Crippen LogP contribution in [0, 0.1) is 34.8 Å². The standard InChI is InChI=1S/C33H32Cl3F2N7O2/c1-7-21(46)44-16(5)12-43(13-17(44)6)31-18-10-20(34)29(22-23(35)24(36)25(37)26(38)27(22)40)42-32(18)45(33(47)19(31)11-39)30-15(4)8-9-41-28(30)14(2)3/h7-10,14-17,30H,1,12-13,40H2,2-6H3/t15-,16-,17+,30?/m1/s1. The maximum Gasteiger partial charge on any atom is 0.272 e. The highest BCUT2D eigenvalue weighted by Crippen LogP contribution is 2.45. The lowest BCUT2D eigenvalue weighted by atomic mass is 9.88. The lowest BCUT2D eigenvalue weighted by molar-refractivity contribution is -0.130. The van der Waals surface area contributed by atoms with Gasteiger partial charge in [0.2, 0.25) is 5.91 Å². The van der Waals surface area contributed by atoms with Crippen LogP contribution < -0.4 is 16.2 Å². The molecule has 1 fully saturated rings. The van der Waals surface area contributed by atoms with Crippen LogP contribution in [-0.4, -0.2) is 51.2 Å². The van der Waals surface area contributed by atoms with Gasteiger partial charge in [0.1, 0.15) is 17.3 Å². The normalized spacial score (nSPS) is 21.3. The maximum atomic E-state index is 14.9. The molecule has 14 heteroatoms. The van der Waals surface area contributed by atoms with Crippen molar-refractivity contribution in [2.45, 2.75) is 52.7 Å². The summed E-state index contributed by atoms with van der Waals surface area (Å²) in [6.45, 7) is 13.7. The summed E-state index contributed by atoms with van der Waals surface area (Å²) in [5.74, 6) is -3.45. The van der Waals surface area contributed by atoms with Gasteiger partial charge in [-0.05, 0) is 31.9 Å². The Morgan fingerprint density at radius 1 is 1.15 bits per heavy atom. The van der Waals surface area contributed by atoms with Gasteiger partial charge in [-0.2, -0.15) is 5.26 Å². The van der Waals surface area contributed by atoms with Gasteiger partial charge in [-0.25, -0.2) is 13.8 Å². The summed E-state index contributed by atoms with van der Waals surface area (Å²) in [7, 11) is 0. The molecule has 2 aromatic heterocycles. The van der Waals surface area contributed by atoms with Gasteiger partial charge >= 0.3 is 0 Å². The minimum atomic E-state index is -1.43. The number of rotatable bonds is 5. The summed E-state index contributed by atoms with van der Waals surface area (Å²) < 4.78 is 30.8. The Hall–Kier alpha value is -3.98. The topological polar surface area (TPSA) is 121 Å². The SMILES string of the molecule is C=CC(=O)N1[C@H](C)CN(c2c(C#N)c(=O)n(C3C(C(C)C)=NC=C[C@H]3C)c3nc(-c4c(N)c(F)c(F)c(Cl)c4Cl)c(Cl)cc23)C[C@@H]1C. The lowest BCUT2D eigenvalue weighted by Gasteiger charge is -2.45. The summed E-state index contributed by atoms with van der Waals surface area (Å²) in [5.41, 5.74) is 5.21. The zero-order valence-electron chi connectivity index (χ0n) is 26.3. The number of nitrogen functional groups attached to an aromatic ring is 1. The van der Waals surface area contributed by atoms with Gasteiger partial charge in [-0.1, -0.05) is 68.2 Å². The van der Waals surface area contributed by atoms with Gasteiger partial charge in [-0.3, -0.25) is 19.1 Å². The molecule has 47 heavy (non-hydrogen) atoms. The van der Waals surface area contributed by atoms with Crippen LogP contribution in [0.4, 0.5) is 20.2 Å². The first-order valence-electron chi connectivity index (χ1n) is 14.9. The van der Waals surface area contributed by atoms with E-state index < -0.39 is 39.0 Å². The first-order chi connectivity index (χ1) is 22.2. The fraction of sp³-hybridized carbons (Fsp3) is 0.364. The van der Waals surface area contributed by atoms with Gasteiger partial charge in [0.05, 0.1) is 38.2 Å². The monoisotopic (exact) mass is 701 g/mol. The fourth-order valence-corrected chi connectivity index (χ4v) is 7.35. The third kappa shape index (κ3) is 5.56. The number of benzene rings is 1. The van der Waals surface area contributed by atoms with Gasteiger partial charge in [0.25, 0.3) is 5.56 Å². The largest absolute Gasteiger partial charge is 0.396 e. The van der Waals surface area contributed by atoms with Crippen molar-refractivity contribution in [1.82, 2.24) is 14.5 Å². The van der Waals surface area contributed by atoms with E-state index in [0.29, 0.717) is 11.1 Å². The minimum absolute atomic E-state index is 0.0700.